The van der Waals surface area contributed by atoms with Crippen LogP contribution in [-0.4, -0.2) is 15.0 Å². The van der Waals surface area contributed by atoms with Gasteiger partial charge in [0.25, 0.3) is 0 Å². The van der Waals surface area contributed by atoms with Gasteiger partial charge >= 0.3 is 0 Å². The number of aromatic amines is 1. The Morgan fingerprint density at radius 1 is 1.17 bits per heavy atom. The quantitative estimate of drug-likeness (QED) is 0.718. The van der Waals surface area contributed by atoms with Crippen LogP contribution in [0.4, 0.5) is 5.82 Å². The Morgan fingerprint density at radius 3 is 2.78 bits per heavy atom. The summed E-state index contributed by atoms with van der Waals surface area (Å²) in [6, 6.07) is 9.13. The number of halogens is 2. The summed E-state index contributed by atoms with van der Waals surface area (Å²) in [7, 11) is 0. The number of rotatable bonds is 1. The monoisotopic (exact) mass is 322 g/mol. The van der Waals surface area contributed by atoms with E-state index in [-0.39, 0.29) is 0 Å². The Kier molecular flexibility index (Phi) is 2.72. The van der Waals surface area contributed by atoms with Crippen molar-refractivity contribution in [3.8, 4) is 11.4 Å². The molecule has 0 unspecified atom stereocenters. The van der Waals surface area contributed by atoms with Gasteiger partial charge in [0.15, 0.2) is 5.65 Å². The standard InChI is InChI=1S/C12H8BrClN4/c13-8-5-6(14)1-2-7(8)11-16-9-3-4-10(15)17-12(9)18-11/h1-5H,(H3,15,16,17,18). The largest absolute Gasteiger partial charge is 0.384 e. The highest BCUT2D eigenvalue weighted by molar-refractivity contribution is 9.10. The molecule has 0 bridgehead atoms. The Balaban J connectivity index is 2.19. The first-order valence-electron chi connectivity index (χ1n) is 5.21. The molecule has 0 spiro atoms. The fourth-order valence-electron chi connectivity index (χ4n) is 1.72. The van der Waals surface area contributed by atoms with Crippen molar-refractivity contribution in [1.29, 1.82) is 0 Å². The maximum absolute atomic E-state index is 5.91. The second-order valence-electron chi connectivity index (χ2n) is 3.82. The zero-order chi connectivity index (χ0) is 12.7. The number of fused-ring (bicyclic) bond motifs is 1. The summed E-state index contributed by atoms with van der Waals surface area (Å²) >= 11 is 9.38. The van der Waals surface area contributed by atoms with E-state index < -0.39 is 0 Å². The van der Waals surface area contributed by atoms with Gasteiger partial charge in [-0.1, -0.05) is 11.6 Å². The number of imidazole rings is 1. The first kappa shape index (κ1) is 11.5. The van der Waals surface area contributed by atoms with E-state index >= 15 is 0 Å². The molecule has 3 N–H and O–H groups in total. The van der Waals surface area contributed by atoms with Crippen molar-refractivity contribution in [3.63, 3.8) is 0 Å². The predicted octanol–water partition coefficient (Wildman–Crippen LogP) is 3.62. The zero-order valence-corrected chi connectivity index (χ0v) is 11.5. The van der Waals surface area contributed by atoms with Crippen molar-refractivity contribution < 1.29 is 0 Å². The minimum Gasteiger partial charge on any atom is -0.384 e. The molecule has 0 saturated carbocycles. The average Bonchev–Trinajstić information content (AvgIpc) is 2.71. The molecule has 1 aromatic carbocycles. The van der Waals surface area contributed by atoms with E-state index in [4.69, 9.17) is 17.3 Å². The molecule has 0 saturated heterocycles. The minimum atomic E-state index is 0.454. The number of nitrogens with one attached hydrogen (secondary N) is 1. The lowest BCUT2D eigenvalue weighted by Crippen LogP contribution is -1.88. The maximum Gasteiger partial charge on any atom is 0.180 e. The van der Waals surface area contributed by atoms with Gasteiger partial charge in [0.05, 0.1) is 5.52 Å². The Morgan fingerprint density at radius 2 is 2.00 bits per heavy atom. The summed E-state index contributed by atoms with van der Waals surface area (Å²) in [6.45, 7) is 0. The summed E-state index contributed by atoms with van der Waals surface area (Å²) in [6.07, 6.45) is 0. The molecule has 3 rings (SSSR count). The first-order valence-corrected chi connectivity index (χ1v) is 6.38. The molecule has 0 atom stereocenters. The van der Waals surface area contributed by atoms with Crippen LogP contribution >= 0.6 is 27.5 Å². The topological polar surface area (TPSA) is 67.6 Å². The van der Waals surface area contributed by atoms with Crippen LogP contribution in [0.5, 0.6) is 0 Å². The highest BCUT2D eigenvalue weighted by Gasteiger charge is 2.09. The molecule has 0 aliphatic carbocycles. The summed E-state index contributed by atoms with van der Waals surface area (Å²) in [4.78, 5) is 11.8. The number of hydrogen-bond acceptors (Lipinski definition) is 3. The molecule has 2 aromatic heterocycles. The summed E-state index contributed by atoms with van der Waals surface area (Å²) in [5, 5.41) is 0.670. The molecule has 6 heteroatoms. The first-order chi connectivity index (χ1) is 8.63. The van der Waals surface area contributed by atoms with Crippen LogP contribution in [0.1, 0.15) is 0 Å². The van der Waals surface area contributed by atoms with Gasteiger partial charge in [0, 0.05) is 15.1 Å². The zero-order valence-electron chi connectivity index (χ0n) is 9.11. The van der Waals surface area contributed by atoms with E-state index in [0.717, 1.165) is 21.4 Å². The normalized spacial score (nSPS) is 11.0. The molecule has 0 aliphatic rings. The highest BCUT2D eigenvalue weighted by Crippen LogP contribution is 2.29. The van der Waals surface area contributed by atoms with Gasteiger partial charge in [-0.2, -0.15) is 0 Å². The van der Waals surface area contributed by atoms with Crippen LogP contribution in [0.25, 0.3) is 22.6 Å². The van der Waals surface area contributed by atoms with Crippen LogP contribution in [0, 0.1) is 0 Å². The van der Waals surface area contributed by atoms with Gasteiger partial charge in [0.1, 0.15) is 11.6 Å². The van der Waals surface area contributed by atoms with Crippen molar-refractivity contribution in [2.45, 2.75) is 0 Å². The van der Waals surface area contributed by atoms with E-state index in [0.29, 0.717) is 16.5 Å². The third-order valence-corrected chi connectivity index (χ3v) is 3.44. The molecule has 18 heavy (non-hydrogen) atoms. The van der Waals surface area contributed by atoms with Gasteiger partial charge in [-0.05, 0) is 46.3 Å². The summed E-state index contributed by atoms with van der Waals surface area (Å²) in [5.74, 6) is 1.18. The SMILES string of the molecule is Nc1ccc2[nH]c(-c3ccc(Cl)cc3Br)nc2n1. The lowest BCUT2D eigenvalue weighted by Gasteiger charge is -2.00. The second-order valence-corrected chi connectivity index (χ2v) is 5.11. The van der Waals surface area contributed by atoms with Crippen molar-refractivity contribution in [2.75, 3.05) is 5.73 Å². The van der Waals surface area contributed by atoms with Crippen LogP contribution in [0.15, 0.2) is 34.8 Å². The van der Waals surface area contributed by atoms with Gasteiger partial charge in [-0.25, -0.2) is 9.97 Å². The van der Waals surface area contributed by atoms with E-state index in [9.17, 15) is 0 Å². The number of pyridine rings is 1. The number of nitrogen functional groups attached to an aromatic ring is 1. The number of nitrogens with zero attached hydrogens (tertiary/aromatic N) is 2. The van der Waals surface area contributed by atoms with Gasteiger partial charge in [-0.3, -0.25) is 0 Å². The fourth-order valence-corrected chi connectivity index (χ4v) is 2.59. The molecular formula is C12H8BrClN4. The van der Waals surface area contributed by atoms with E-state index in [1.54, 1.807) is 6.07 Å². The Labute approximate surface area is 116 Å². The minimum absolute atomic E-state index is 0.454. The van der Waals surface area contributed by atoms with Gasteiger partial charge in [0.2, 0.25) is 0 Å². The van der Waals surface area contributed by atoms with Crippen molar-refractivity contribution in [3.05, 3.63) is 39.8 Å². The van der Waals surface area contributed by atoms with Crippen LogP contribution in [0.2, 0.25) is 5.02 Å². The van der Waals surface area contributed by atoms with Crippen molar-refractivity contribution >= 4 is 44.5 Å². The number of benzene rings is 1. The van der Waals surface area contributed by atoms with Crippen molar-refractivity contribution in [1.82, 2.24) is 15.0 Å². The molecule has 0 fully saturated rings. The van der Waals surface area contributed by atoms with Crippen molar-refractivity contribution in [2.24, 2.45) is 0 Å². The number of nitrogens with two attached hydrogens (primary N) is 1. The fraction of sp³-hybridized carbons (Fsp3) is 0. The van der Waals surface area contributed by atoms with Gasteiger partial charge in [-0.15, -0.1) is 0 Å². The second kappa shape index (κ2) is 4.26. The van der Waals surface area contributed by atoms with E-state index in [2.05, 4.69) is 30.9 Å². The summed E-state index contributed by atoms with van der Waals surface area (Å²) in [5.41, 5.74) is 8.01. The number of H-pyrrole nitrogens is 1. The third-order valence-electron chi connectivity index (χ3n) is 2.55. The molecule has 3 aromatic rings. The van der Waals surface area contributed by atoms with Gasteiger partial charge < -0.3 is 10.7 Å². The lowest BCUT2D eigenvalue weighted by molar-refractivity contribution is 1.30. The van der Waals surface area contributed by atoms with E-state index in [1.165, 1.54) is 0 Å². The molecule has 4 nitrogen and oxygen atoms in total. The highest BCUT2D eigenvalue weighted by atomic mass is 79.9. The Bertz CT molecular complexity index is 738. The lowest BCUT2D eigenvalue weighted by atomic mass is 10.2. The smallest absolute Gasteiger partial charge is 0.180 e. The molecule has 0 amide bonds. The predicted molar refractivity (Wildman–Crippen MR) is 76.4 cm³/mol. The third kappa shape index (κ3) is 1.95. The average molecular weight is 324 g/mol. The van der Waals surface area contributed by atoms with Crippen LogP contribution in [0.3, 0.4) is 0 Å². The molecular weight excluding hydrogens is 316 g/mol. The van der Waals surface area contributed by atoms with Crippen LogP contribution < -0.4 is 5.73 Å². The number of aromatic nitrogens is 3. The number of anilines is 1. The van der Waals surface area contributed by atoms with Crippen LogP contribution in [-0.2, 0) is 0 Å². The molecule has 2 heterocycles. The summed E-state index contributed by atoms with van der Waals surface area (Å²) < 4.78 is 0.877. The van der Waals surface area contributed by atoms with E-state index in [1.807, 2.05) is 24.3 Å². The Hall–Kier alpha value is -1.59. The molecule has 90 valence electrons. The molecule has 0 aliphatic heterocycles. The molecule has 0 radical (unpaired) electrons. The maximum atomic E-state index is 5.91. The number of hydrogen-bond donors (Lipinski definition) is 2.